The highest BCUT2D eigenvalue weighted by Crippen LogP contribution is 2.28. The Morgan fingerprint density at radius 1 is 1.02 bits per heavy atom. The van der Waals surface area contributed by atoms with E-state index in [1.54, 1.807) is 12.0 Å². The van der Waals surface area contributed by atoms with Gasteiger partial charge in [0, 0.05) is 20.1 Å². The zero-order valence-corrected chi connectivity index (χ0v) is 23.8. The first kappa shape index (κ1) is 30.5. The molecule has 4 rings (SSSR count). The van der Waals surface area contributed by atoms with E-state index in [4.69, 9.17) is 9.47 Å². The minimum atomic E-state index is -0.770. The van der Waals surface area contributed by atoms with Crippen LogP contribution < -0.4 is 5.32 Å². The number of benzene rings is 2. The largest absolute Gasteiger partial charge is 0.455 e. The molecule has 5 atom stereocenters. The van der Waals surface area contributed by atoms with Crippen LogP contribution in [0.25, 0.3) is 0 Å². The molecule has 2 amide bonds. The molecule has 2 aromatic rings. The minimum Gasteiger partial charge on any atom is -0.455 e. The minimum absolute atomic E-state index is 0.0405. The molecule has 2 aliphatic rings. The molecule has 8 nitrogen and oxygen atoms in total. The van der Waals surface area contributed by atoms with Crippen molar-refractivity contribution in [3.8, 4) is 0 Å². The number of amides is 2. The first-order valence-electron chi connectivity index (χ1n) is 14.6. The number of nitrogens with one attached hydrogen (secondary N) is 1. The lowest BCUT2D eigenvalue weighted by Gasteiger charge is -2.31. The topological polar surface area (TPSA) is 105 Å². The fraction of sp³-hybridized carbons (Fsp3) is 0.485. The number of rotatable bonds is 8. The summed E-state index contributed by atoms with van der Waals surface area (Å²) in [5.41, 5.74) is 1.81. The zero-order chi connectivity index (χ0) is 29.0. The van der Waals surface area contributed by atoms with Crippen LogP contribution in [0.4, 0.5) is 0 Å². The Morgan fingerprint density at radius 2 is 1.76 bits per heavy atom. The van der Waals surface area contributed by atoms with Crippen LogP contribution in [-0.2, 0) is 30.3 Å². The quantitative estimate of drug-likeness (QED) is 0.372. The van der Waals surface area contributed by atoms with E-state index in [2.05, 4.69) is 5.32 Å². The Labute approximate surface area is 242 Å². The monoisotopic (exact) mass is 562 g/mol. The lowest BCUT2D eigenvalue weighted by molar-refractivity contribution is -0.158. The average molecular weight is 563 g/mol. The van der Waals surface area contributed by atoms with Crippen molar-refractivity contribution in [2.24, 2.45) is 11.8 Å². The molecule has 2 N–H and O–H groups in total. The molecule has 5 unspecified atom stereocenters. The molecule has 220 valence electrons. The summed E-state index contributed by atoms with van der Waals surface area (Å²) in [5, 5.41) is 12.8. The molecule has 0 spiro atoms. The molecule has 1 fully saturated rings. The first-order chi connectivity index (χ1) is 20.0. The van der Waals surface area contributed by atoms with Crippen molar-refractivity contribution < 1.29 is 29.0 Å². The highest BCUT2D eigenvalue weighted by molar-refractivity contribution is 5.86. The third-order valence-corrected chi connectivity index (χ3v) is 8.04. The Bertz CT molecular complexity index is 1150. The maximum atomic E-state index is 13.7. The number of carbonyl (C=O) groups excluding carboxylic acids is 3. The van der Waals surface area contributed by atoms with Crippen LogP contribution in [0.2, 0.25) is 0 Å². The summed E-state index contributed by atoms with van der Waals surface area (Å²) in [5.74, 6) is -1.71. The summed E-state index contributed by atoms with van der Waals surface area (Å²) >= 11 is 0. The smallest absolute Gasteiger partial charge is 0.309 e. The van der Waals surface area contributed by atoms with Crippen LogP contribution in [0.15, 0.2) is 72.8 Å². The van der Waals surface area contributed by atoms with Crippen molar-refractivity contribution in [2.45, 2.75) is 63.1 Å². The number of hydrogen-bond donors (Lipinski definition) is 2. The van der Waals surface area contributed by atoms with Gasteiger partial charge in [0.05, 0.1) is 37.1 Å². The van der Waals surface area contributed by atoms with Crippen LogP contribution in [0.1, 0.15) is 55.8 Å². The third kappa shape index (κ3) is 8.50. The van der Waals surface area contributed by atoms with Crippen molar-refractivity contribution in [1.82, 2.24) is 10.2 Å². The number of carbonyl (C=O) groups is 3. The number of hydrogen-bond acceptors (Lipinski definition) is 6. The van der Waals surface area contributed by atoms with Crippen LogP contribution in [0.5, 0.6) is 0 Å². The molecule has 0 saturated carbocycles. The second kappa shape index (κ2) is 15.5. The molecule has 41 heavy (non-hydrogen) atoms. The van der Waals surface area contributed by atoms with Crippen molar-refractivity contribution in [3.63, 3.8) is 0 Å². The van der Waals surface area contributed by atoms with Gasteiger partial charge < -0.3 is 24.8 Å². The molecule has 2 aromatic carbocycles. The lowest BCUT2D eigenvalue weighted by atomic mass is 9.94. The number of aliphatic hydroxyl groups is 1. The number of methoxy groups -OCH3 is 1. The van der Waals surface area contributed by atoms with E-state index in [1.807, 2.05) is 72.8 Å². The Kier molecular flexibility index (Phi) is 11.5. The molecule has 0 bridgehead atoms. The van der Waals surface area contributed by atoms with E-state index in [9.17, 15) is 19.5 Å². The number of aliphatic hydroxyl groups excluding tert-OH is 1. The van der Waals surface area contributed by atoms with Gasteiger partial charge in [0.25, 0.3) is 0 Å². The van der Waals surface area contributed by atoms with Gasteiger partial charge in [0.15, 0.2) is 0 Å². The van der Waals surface area contributed by atoms with Gasteiger partial charge in [-0.3, -0.25) is 14.4 Å². The van der Waals surface area contributed by atoms with Gasteiger partial charge in [0.1, 0.15) is 6.10 Å². The maximum Gasteiger partial charge on any atom is 0.309 e. The molecule has 8 heteroatoms. The number of allylic oxidation sites excluding steroid dienone is 2. The number of esters is 1. The predicted molar refractivity (Wildman–Crippen MR) is 156 cm³/mol. The van der Waals surface area contributed by atoms with Gasteiger partial charge in [-0.05, 0) is 49.7 Å². The summed E-state index contributed by atoms with van der Waals surface area (Å²) in [4.78, 5) is 42.3. The van der Waals surface area contributed by atoms with Gasteiger partial charge in [-0.2, -0.15) is 0 Å². The molecule has 0 radical (unpaired) electrons. The SMILES string of the molecule is COCC1NC(=O)C(CC(=O)N2CCCC2CO)CC=CCCC(Cc2ccccc2)C(=O)OC1c1ccccc1. The second-order valence-corrected chi connectivity index (χ2v) is 11.0. The summed E-state index contributed by atoms with van der Waals surface area (Å²) in [6.07, 6.45) is 6.99. The number of nitrogens with zero attached hydrogens (tertiary/aromatic N) is 1. The molecular formula is C33H42N2O6. The van der Waals surface area contributed by atoms with E-state index >= 15 is 0 Å². The lowest BCUT2D eigenvalue weighted by Crippen LogP contribution is -2.47. The summed E-state index contributed by atoms with van der Waals surface area (Å²) in [6, 6.07) is 18.4. The van der Waals surface area contributed by atoms with E-state index in [1.165, 1.54) is 0 Å². The molecule has 1 saturated heterocycles. The normalized spacial score (nSPS) is 25.9. The van der Waals surface area contributed by atoms with Crippen molar-refractivity contribution >= 4 is 17.8 Å². The number of cyclic esters (lactones) is 1. The van der Waals surface area contributed by atoms with Gasteiger partial charge >= 0.3 is 5.97 Å². The molecule has 0 aliphatic carbocycles. The summed E-state index contributed by atoms with van der Waals surface area (Å²) in [7, 11) is 1.54. The molecule has 2 heterocycles. The van der Waals surface area contributed by atoms with E-state index in [0.717, 1.165) is 24.0 Å². The summed E-state index contributed by atoms with van der Waals surface area (Å²) < 4.78 is 11.7. The van der Waals surface area contributed by atoms with E-state index in [0.29, 0.717) is 32.2 Å². The Morgan fingerprint density at radius 3 is 2.46 bits per heavy atom. The van der Waals surface area contributed by atoms with Crippen LogP contribution >= 0.6 is 0 Å². The van der Waals surface area contributed by atoms with Crippen LogP contribution in [-0.4, -0.2) is 66.7 Å². The fourth-order valence-electron chi connectivity index (χ4n) is 5.77. The van der Waals surface area contributed by atoms with E-state index in [-0.39, 0.29) is 49.4 Å². The van der Waals surface area contributed by atoms with Crippen LogP contribution in [0.3, 0.4) is 0 Å². The van der Waals surface area contributed by atoms with Gasteiger partial charge in [-0.15, -0.1) is 0 Å². The fourth-order valence-corrected chi connectivity index (χ4v) is 5.77. The number of ether oxygens (including phenoxy) is 2. The van der Waals surface area contributed by atoms with Gasteiger partial charge in [-0.1, -0.05) is 72.8 Å². The third-order valence-electron chi connectivity index (χ3n) is 8.04. The Balaban J connectivity index is 1.62. The number of likely N-dealkylation sites (tertiary alicyclic amines) is 1. The standard InChI is InChI=1S/C33H42N2O6/c1-40-23-29-31(25-14-7-3-8-15-25)41-33(39)27(20-24-12-5-2-6-13-24)17-10-4-9-16-26(32(38)34-29)21-30(37)35-19-11-18-28(35)22-36/h2-9,12-15,26-29,31,36H,10-11,16-23H2,1H3,(H,34,38). The summed E-state index contributed by atoms with van der Waals surface area (Å²) in [6.45, 7) is 0.638. The van der Waals surface area contributed by atoms with Crippen molar-refractivity contribution in [1.29, 1.82) is 0 Å². The van der Waals surface area contributed by atoms with E-state index < -0.39 is 18.1 Å². The predicted octanol–water partition coefficient (Wildman–Crippen LogP) is 3.99. The van der Waals surface area contributed by atoms with Gasteiger partial charge in [-0.25, -0.2) is 0 Å². The van der Waals surface area contributed by atoms with Crippen molar-refractivity contribution in [3.05, 3.63) is 83.9 Å². The molecular weight excluding hydrogens is 520 g/mol. The highest BCUT2D eigenvalue weighted by Gasteiger charge is 2.35. The molecule has 0 aromatic heterocycles. The molecule has 2 aliphatic heterocycles. The average Bonchev–Trinajstić information content (AvgIpc) is 3.48. The maximum absolute atomic E-state index is 13.7. The Hall–Kier alpha value is -3.49. The first-order valence-corrected chi connectivity index (χ1v) is 14.6. The highest BCUT2D eigenvalue weighted by atomic mass is 16.5. The second-order valence-electron chi connectivity index (χ2n) is 11.0. The zero-order valence-electron chi connectivity index (χ0n) is 23.8. The van der Waals surface area contributed by atoms with Crippen molar-refractivity contribution in [2.75, 3.05) is 26.9 Å². The van der Waals surface area contributed by atoms with Gasteiger partial charge in [0.2, 0.25) is 11.8 Å². The van der Waals surface area contributed by atoms with Crippen LogP contribution in [0, 0.1) is 11.8 Å².